The molecule has 0 spiro atoms. The summed E-state index contributed by atoms with van der Waals surface area (Å²) >= 11 is 0. The van der Waals surface area contributed by atoms with E-state index in [0.29, 0.717) is 6.54 Å². The molecule has 0 radical (unpaired) electrons. The molecule has 0 bridgehead atoms. The van der Waals surface area contributed by atoms with Crippen LogP contribution in [-0.2, 0) is 11.2 Å². The average Bonchev–Trinajstić information content (AvgIpc) is 2.39. The van der Waals surface area contributed by atoms with Crippen LogP contribution in [0.15, 0.2) is 24.3 Å². The lowest BCUT2D eigenvalue weighted by Gasteiger charge is -2.38. The Hall–Kier alpha value is -1.42. The first-order chi connectivity index (χ1) is 9.02. The van der Waals surface area contributed by atoms with E-state index >= 15 is 0 Å². The number of rotatable bonds is 3. The van der Waals surface area contributed by atoms with Crippen molar-refractivity contribution in [1.82, 2.24) is 4.90 Å². The highest BCUT2D eigenvalue weighted by Crippen LogP contribution is 2.29. The molecule has 104 valence electrons. The predicted octanol–water partition coefficient (Wildman–Crippen LogP) is 1.96. The summed E-state index contributed by atoms with van der Waals surface area (Å²) in [6, 6.07) is 6.24. The van der Waals surface area contributed by atoms with Gasteiger partial charge in [-0.2, -0.15) is 0 Å². The van der Waals surface area contributed by atoms with Crippen LogP contribution in [0.1, 0.15) is 25.3 Å². The van der Waals surface area contributed by atoms with Crippen LogP contribution in [0.2, 0.25) is 0 Å². The van der Waals surface area contributed by atoms with Crippen molar-refractivity contribution in [1.29, 1.82) is 0 Å². The molecule has 1 aromatic carbocycles. The Labute approximate surface area is 113 Å². The van der Waals surface area contributed by atoms with Crippen LogP contribution >= 0.6 is 0 Å². The zero-order chi connectivity index (χ0) is 13.9. The summed E-state index contributed by atoms with van der Waals surface area (Å²) < 4.78 is 13.1. The van der Waals surface area contributed by atoms with Crippen LogP contribution in [0.3, 0.4) is 0 Å². The summed E-state index contributed by atoms with van der Waals surface area (Å²) in [5.74, 6) is -0.218. The molecule has 3 nitrogen and oxygen atoms in total. The molecule has 0 aliphatic carbocycles. The molecule has 1 aromatic rings. The van der Waals surface area contributed by atoms with Gasteiger partial charge in [0.2, 0.25) is 5.91 Å². The fourth-order valence-corrected chi connectivity index (χ4v) is 2.43. The molecule has 0 aromatic heterocycles. The van der Waals surface area contributed by atoms with Gasteiger partial charge in [0.1, 0.15) is 5.82 Å². The Balaban J connectivity index is 1.92. The summed E-state index contributed by atoms with van der Waals surface area (Å²) in [6.07, 6.45) is 2.16. The summed E-state index contributed by atoms with van der Waals surface area (Å²) in [4.78, 5) is 14.0. The quantitative estimate of drug-likeness (QED) is 0.907. The number of hydrogen-bond acceptors (Lipinski definition) is 2. The van der Waals surface area contributed by atoms with Crippen molar-refractivity contribution in [3.63, 3.8) is 0 Å². The molecule has 0 unspecified atom stereocenters. The number of hydrogen-bond donors (Lipinski definition) is 1. The summed E-state index contributed by atoms with van der Waals surface area (Å²) in [6.45, 7) is 4.34. The zero-order valence-electron chi connectivity index (χ0n) is 11.4. The number of carbonyl (C=O) groups excluding carboxylic acids is 1. The van der Waals surface area contributed by atoms with Crippen LogP contribution in [0, 0.1) is 11.2 Å². The lowest BCUT2D eigenvalue weighted by atomic mass is 9.80. The molecule has 1 fully saturated rings. The van der Waals surface area contributed by atoms with E-state index in [9.17, 15) is 9.18 Å². The molecule has 1 amide bonds. The first-order valence-corrected chi connectivity index (χ1v) is 6.75. The molecule has 1 heterocycles. The fourth-order valence-electron chi connectivity index (χ4n) is 2.43. The number of nitrogens with two attached hydrogens (primary N) is 1. The second-order valence-corrected chi connectivity index (χ2v) is 5.70. The van der Waals surface area contributed by atoms with E-state index in [1.165, 1.54) is 12.1 Å². The number of nitrogens with zero attached hydrogens (tertiary/aromatic N) is 1. The maximum absolute atomic E-state index is 13.1. The second kappa shape index (κ2) is 5.70. The topological polar surface area (TPSA) is 46.3 Å². The number of halogens is 1. The smallest absolute Gasteiger partial charge is 0.226 e. The first-order valence-electron chi connectivity index (χ1n) is 6.75. The van der Waals surface area contributed by atoms with E-state index in [1.807, 2.05) is 4.90 Å². The maximum atomic E-state index is 13.1. The van der Waals surface area contributed by atoms with Crippen LogP contribution in [0.25, 0.3) is 0 Å². The number of carbonyl (C=O) groups is 1. The predicted molar refractivity (Wildman–Crippen MR) is 73.1 cm³/mol. The van der Waals surface area contributed by atoms with Gasteiger partial charge in [-0.15, -0.1) is 0 Å². The molecule has 1 saturated heterocycles. The van der Waals surface area contributed by atoms with Crippen molar-refractivity contribution in [2.24, 2.45) is 11.1 Å². The van der Waals surface area contributed by atoms with E-state index in [0.717, 1.165) is 31.5 Å². The van der Waals surface area contributed by atoms with Gasteiger partial charge in [-0.3, -0.25) is 4.79 Å². The number of benzene rings is 1. The Bertz CT molecular complexity index is 453. The Morgan fingerprint density at radius 1 is 1.42 bits per heavy atom. The van der Waals surface area contributed by atoms with Crippen molar-refractivity contribution >= 4 is 5.91 Å². The minimum atomic E-state index is -0.292. The molecule has 1 aliphatic heterocycles. The number of likely N-dealkylation sites (tertiary alicyclic amines) is 1. The lowest BCUT2D eigenvalue weighted by Crippen LogP contribution is -2.45. The van der Waals surface area contributed by atoms with Gasteiger partial charge in [0.05, 0.1) is 6.42 Å². The monoisotopic (exact) mass is 264 g/mol. The zero-order valence-corrected chi connectivity index (χ0v) is 11.4. The van der Waals surface area contributed by atoms with Crippen LogP contribution in [0.5, 0.6) is 0 Å². The largest absolute Gasteiger partial charge is 0.342 e. The molecular weight excluding hydrogens is 243 g/mol. The number of amides is 1. The third-order valence-corrected chi connectivity index (χ3v) is 4.06. The number of piperidine rings is 1. The highest BCUT2D eigenvalue weighted by atomic mass is 19.1. The molecular formula is C15H21FN2O. The fraction of sp³-hybridized carbons (Fsp3) is 0.533. The second-order valence-electron chi connectivity index (χ2n) is 5.70. The van der Waals surface area contributed by atoms with Crippen molar-refractivity contribution in [3.8, 4) is 0 Å². The van der Waals surface area contributed by atoms with Crippen molar-refractivity contribution < 1.29 is 9.18 Å². The molecule has 1 aliphatic rings. The van der Waals surface area contributed by atoms with E-state index in [2.05, 4.69) is 6.92 Å². The maximum Gasteiger partial charge on any atom is 0.226 e. The van der Waals surface area contributed by atoms with E-state index < -0.39 is 0 Å². The van der Waals surface area contributed by atoms with Gasteiger partial charge in [0.25, 0.3) is 0 Å². The Morgan fingerprint density at radius 3 is 2.68 bits per heavy atom. The minimum Gasteiger partial charge on any atom is -0.342 e. The highest BCUT2D eigenvalue weighted by Gasteiger charge is 2.30. The van der Waals surface area contributed by atoms with Gasteiger partial charge in [-0.05, 0) is 42.5 Å². The van der Waals surface area contributed by atoms with Crippen molar-refractivity contribution in [2.45, 2.75) is 26.2 Å². The van der Waals surface area contributed by atoms with Gasteiger partial charge in [-0.25, -0.2) is 4.39 Å². The molecule has 2 N–H and O–H groups in total. The average molecular weight is 264 g/mol. The minimum absolute atomic E-state index is 0.0738. The third-order valence-electron chi connectivity index (χ3n) is 4.06. The van der Waals surface area contributed by atoms with Gasteiger partial charge in [0.15, 0.2) is 0 Å². The summed E-state index contributed by atoms with van der Waals surface area (Å²) in [5, 5.41) is 0. The standard InChI is InChI=1S/C15H21FN2O/c1-15(11-17)5-7-18(8-6-15)14(19)10-12-3-2-4-13(16)9-12/h2-4,9H,5-8,10-11,17H2,1H3. The van der Waals surface area contributed by atoms with Crippen molar-refractivity contribution in [3.05, 3.63) is 35.6 Å². The van der Waals surface area contributed by atoms with E-state index in [4.69, 9.17) is 5.73 Å². The van der Waals surface area contributed by atoms with Gasteiger partial charge in [-0.1, -0.05) is 19.1 Å². The van der Waals surface area contributed by atoms with Gasteiger partial charge in [0, 0.05) is 13.1 Å². The molecule has 0 saturated carbocycles. The molecule has 2 rings (SSSR count). The molecule has 4 heteroatoms. The van der Waals surface area contributed by atoms with Crippen LogP contribution < -0.4 is 5.73 Å². The third kappa shape index (κ3) is 3.53. The van der Waals surface area contributed by atoms with Crippen LogP contribution in [-0.4, -0.2) is 30.4 Å². The van der Waals surface area contributed by atoms with Gasteiger partial charge >= 0.3 is 0 Å². The normalized spacial score (nSPS) is 18.4. The van der Waals surface area contributed by atoms with Crippen molar-refractivity contribution in [2.75, 3.05) is 19.6 Å². The first kappa shape index (κ1) is 14.0. The lowest BCUT2D eigenvalue weighted by molar-refractivity contribution is -0.132. The van der Waals surface area contributed by atoms with Crippen LogP contribution in [0.4, 0.5) is 4.39 Å². The Kier molecular flexibility index (Phi) is 4.20. The highest BCUT2D eigenvalue weighted by molar-refractivity contribution is 5.78. The summed E-state index contributed by atoms with van der Waals surface area (Å²) in [7, 11) is 0. The van der Waals surface area contributed by atoms with Gasteiger partial charge < -0.3 is 10.6 Å². The molecule has 0 atom stereocenters. The summed E-state index contributed by atoms with van der Waals surface area (Å²) in [5.41, 5.74) is 6.65. The SMILES string of the molecule is CC1(CN)CCN(C(=O)Cc2cccc(F)c2)CC1. The Morgan fingerprint density at radius 2 is 2.11 bits per heavy atom. The van der Waals surface area contributed by atoms with E-state index in [-0.39, 0.29) is 23.6 Å². The van der Waals surface area contributed by atoms with E-state index in [1.54, 1.807) is 12.1 Å². The molecule has 19 heavy (non-hydrogen) atoms.